The van der Waals surface area contributed by atoms with Crippen molar-refractivity contribution in [1.82, 2.24) is 10.6 Å². The Labute approximate surface area is 255 Å². The summed E-state index contributed by atoms with van der Waals surface area (Å²) in [6.07, 6.45) is 13.5. The molecule has 2 unspecified atom stereocenters. The molecule has 230 valence electrons. The average molecular weight is 588 g/mol. The van der Waals surface area contributed by atoms with Crippen molar-refractivity contribution in [3.8, 4) is 5.75 Å². The van der Waals surface area contributed by atoms with Gasteiger partial charge in [-0.15, -0.1) is 0 Å². The fourth-order valence-corrected chi connectivity index (χ4v) is 5.53. The molecule has 6 nitrogen and oxygen atoms in total. The van der Waals surface area contributed by atoms with Gasteiger partial charge in [0.25, 0.3) is 5.91 Å². The molecule has 4 rings (SSSR count). The molecule has 0 radical (unpaired) electrons. The van der Waals surface area contributed by atoms with Gasteiger partial charge in [0, 0.05) is 24.9 Å². The Balaban J connectivity index is 1.68. The molecule has 1 amide bonds. The smallest absolute Gasteiger partial charge is 0.256 e. The number of benzene rings is 2. The van der Waals surface area contributed by atoms with Gasteiger partial charge in [-0.3, -0.25) is 9.59 Å². The minimum absolute atomic E-state index is 0.00382. The van der Waals surface area contributed by atoms with Crippen LogP contribution in [0.3, 0.4) is 0 Å². The zero-order valence-corrected chi connectivity index (χ0v) is 26.0. The number of allylic oxidation sites excluding steroid dienone is 3. The number of hydrogen-bond acceptors (Lipinski definition) is 5. The third kappa shape index (κ3) is 8.37. The van der Waals surface area contributed by atoms with Gasteiger partial charge in [-0.2, -0.15) is 0 Å². The molecule has 2 aromatic rings. The van der Waals surface area contributed by atoms with E-state index in [1.807, 2.05) is 41.3 Å². The zero-order chi connectivity index (χ0) is 30.8. The van der Waals surface area contributed by atoms with Crippen LogP contribution >= 0.6 is 0 Å². The van der Waals surface area contributed by atoms with Crippen LogP contribution in [-0.4, -0.2) is 37.4 Å². The standard InChI is InChI=1S/C36H46FN3O3/c1-5-7-9-13-18-38-34-26(4)43-33-22-28-16-12-11-15-27(28)21-32(33)40-23-29(20-31(34)37)35(41)30(24-40)36(42)39-19-17-25(3)14-10-8-6-2/h7,9,11-12,15-16,20-22,24-26,38H,5-6,8,10,13-14,17-19,23H2,1-4H3,(H,39,42)/b9-7+,29-20+,34-31-. The number of halogens is 1. The predicted octanol–water partition coefficient (Wildman–Crippen LogP) is 7.67. The Kier molecular flexibility index (Phi) is 11.6. The van der Waals surface area contributed by atoms with Crippen LogP contribution < -0.4 is 20.3 Å². The van der Waals surface area contributed by atoms with Crippen molar-refractivity contribution in [2.75, 3.05) is 24.5 Å². The van der Waals surface area contributed by atoms with Crippen molar-refractivity contribution in [3.05, 3.63) is 83.5 Å². The Hall–Kier alpha value is -3.87. The van der Waals surface area contributed by atoms with Crippen LogP contribution in [0.1, 0.15) is 72.6 Å². The molecule has 2 atom stereocenters. The Morgan fingerprint density at radius 3 is 2.63 bits per heavy atom. The van der Waals surface area contributed by atoms with E-state index in [1.165, 1.54) is 25.3 Å². The van der Waals surface area contributed by atoms with Crippen LogP contribution in [0.25, 0.3) is 10.8 Å². The minimum Gasteiger partial charge on any atom is -0.482 e. The maximum atomic E-state index is 15.9. The average Bonchev–Trinajstić information content (AvgIpc) is 2.99. The maximum absolute atomic E-state index is 15.9. The number of carbonyl (C=O) groups is 2. The molecule has 2 heterocycles. The highest BCUT2D eigenvalue weighted by atomic mass is 19.1. The molecule has 2 aliphatic rings. The van der Waals surface area contributed by atoms with E-state index in [0.717, 1.165) is 36.5 Å². The fraction of sp³-hybridized carbons (Fsp3) is 0.444. The van der Waals surface area contributed by atoms with Gasteiger partial charge in [0.1, 0.15) is 23.3 Å². The summed E-state index contributed by atoms with van der Waals surface area (Å²) in [5.41, 5.74) is 1.20. The first-order valence-electron chi connectivity index (χ1n) is 15.8. The van der Waals surface area contributed by atoms with Crippen molar-refractivity contribution < 1.29 is 18.7 Å². The highest BCUT2D eigenvalue weighted by molar-refractivity contribution is 6.27. The van der Waals surface area contributed by atoms with Crippen molar-refractivity contribution in [2.24, 2.45) is 5.92 Å². The molecule has 43 heavy (non-hydrogen) atoms. The summed E-state index contributed by atoms with van der Waals surface area (Å²) in [4.78, 5) is 28.8. The molecule has 0 saturated heterocycles. The molecule has 7 heteroatoms. The normalized spacial score (nSPS) is 20.6. The first-order valence-corrected chi connectivity index (χ1v) is 15.8. The van der Waals surface area contributed by atoms with Crippen LogP contribution in [0.15, 0.2) is 83.5 Å². The topological polar surface area (TPSA) is 70.7 Å². The Bertz CT molecular complexity index is 1420. The molecule has 0 spiro atoms. The number of amides is 1. The zero-order valence-electron chi connectivity index (χ0n) is 26.0. The van der Waals surface area contributed by atoms with Gasteiger partial charge >= 0.3 is 0 Å². The Morgan fingerprint density at radius 2 is 1.88 bits per heavy atom. The van der Waals surface area contributed by atoms with Gasteiger partial charge in [0.2, 0.25) is 0 Å². The van der Waals surface area contributed by atoms with Gasteiger partial charge in [-0.1, -0.05) is 82.9 Å². The molecule has 2 N–H and O–H groups in total. The quantitative estimate of drug-likeness (QED) is 0.143. The SMILES string of the molecule is CC/C=C/CCN/C1=C(F)/C=C2\CN(C=C(C(=O)NCCC(C)CCCCC)C2=O)c2cc3ccccc3cc2OC1C. The number of unbranched alkanes of at least 4 members (excludes halogenated alkanes) is 2. The van der Waals surface area contributed by atoms with E-state index >= 15 is 4.39 Å². The van der Waals surface area contributed by atoms with Crippen molar-refractivity contribution in [1.29, 1.82) is 0 Å². The Morgan fingerprint density at radius 1 is 1.12 bits per heavy atom. The number of ketones is 1. The van der Waals surface area contributed by atoms with E-state index in [4.69, 9.17) is 4.74 Å². The van der Waals surface area contributed by atoms with Crippen molar-refractivity contribution >= 4 is 28.2 Å². The predicted molar refractivity (Wildman–Crippen MR) is 174 cm³/mol. The van der Waals surface area contributed by atoms with Gasteiger partial charge in [-0.05, 0) is 61.1 Å². The molecule has 2 bridgehead atoms. The third-order valence-electron chi connectivity index (χ3n) is 8.06. The van der Waals surface area contributed by atoms with Gasteiger partial charge in [0.15, 0.2) is 5.78 Å². The summed E-state index contributed by atoms with van der Waals surface area (Å²) in [6.45, 7) is 9.36. The molecule has 0 fully saturated rings. The van der Waals surface area contributed by atoms with Gasteiger partial charge in [-0.25, -0.2) is 4.39 Å². The summed E-state index contributed by atoms with van der Waals surface area (Å²) in [5.74, 6) is -0.435. The monoisotopic (exact) mass is 587 g/mol. The molecule has 0 saturated carbocycles. The third-order valence-corrected chi connectivity index (χ3v) is 8.06. The first-order chi connectivity index (χ1) is 20.8. The molecular formula is C36H46FN3O3. The van der Waals surface area contributed by atoms with E-state index in [2.05, 4.69) is 43.6 Å². The van der Waals surface area contributed by atoms with Gasteiger partial charge in [0.05, 0.1) is 17.9 Å². The lowest BCUT2D eigenvalue weighted by atomic mass is 9.96. The summed E-state index contributed by atoms with van der Waals surface area (Å²) in [6, 6.07) is 11.9. The number of rotatable bonds is 13. The maximum Gasteiger partial charge on any atom is 0.256 e. The molecule has 0 aromatic heterocycles. The number of nitrogens with one attached hydrogen (secondary N) is 2. The summed E-state index contributed by atoms with van der Waals surface area (Å²) >= 11 is 0. The van der Waals surface area contributed by atoms with Crippen LogP contribution in [-0.2, 0) is 9.59 Å². The summed E-state index contributed by atoms with van der Waals surface area (Å²) < 4.78 is 22.3. The number of ether oxygens (including phenoxy) is 1. The van der Waals surface area contributed by atoms with Crippen LogP contribution in [0, 0.1) is 5.92 Å². The van der Waals surface area contributed by atoms with Crippen molar-refractivity contribution in [3.63, 3.8) is 0 Å². The second-order valence-corrected chi connectivity index (χ2v) is 11.6. The fourth-order valence-electron chi connectivity index (χ4n) is 5.53. The number of carbonyl (C=O) groups excluding carboxylic acids is 2. The number of fused-ring (bicyclic) bond motifs is 5. The van der Waals surface area contributed by atoms with Crippen LogP contribution in [0.5, 0.6) is 5.75 Å². The molecule has 0 aliphatic carbocycles. The van der Waals surface area contributed by atoms with Crippen LogP contribution in [0.2, 0.25) is 0 Å². The number of Topliss-reactive ketones (excluding diaryl/α,β-unsaturated/α-hetero) is 1. The van der Waals surface area contributed by atoms with Crippen molar-refractivity contribution in [2.45, 2.75) is 78.7 Å². The highest BCUT2D eigenvalue weighted by Crippen LogP contribution is 2.38. The molecular weight excluding hydrogens is 541 g/mol. The lowest BCUT2D eigenvalue weighted by Gasteiger charge is -2.31. The number of hydrogen-bond donors (Lipinski definition) is 2. The summed E-state index contributed by atoms with van der Waals surface area (Å²) in [7, 11) is 0. The van der Waals surface area contributed by atoms with E-state index in [0.29, 0.717) is 30.4 Å². The van der Waals surface area contributed by atoms with Crippen LogP contribution in [0.4, 0.5) is 10.1 Å². The summed E-state index contributed by atoms with van der Waals surface area (Å²) in [5, 5.41) is 8.13. The number of nitrogens with zero attached hydrogens (tertiary/aromatic N) is 1. The first kappa shape index (κ1) is 32.1. The van der Waals surface area contributed by atoms with Gasteiger partial charge < -0.3 is 20.3 Å². The van der Waals surface area contributed by atoms with E-state index in [1.54, 1.807) is 13.1 Å². The number of anilines is 1. The van der Waals surface area contributed by atoms with E-state index in [9.17, 15) is 9.59 Å². The highest BCUT2D eigenvalue weighted by Gasteiger charge is 2.32. The second kappa shape index (κ2) is 15.6. The molecule has 2 aliphatic heterocycles. The minimum atomic E-state index is -0.645. The lowest BCUT2D eigenvalue weighted by molar-refractivity contribution is -0.121. The van der Waals surface area contributed by atoms with E-state index in [-0.39, 0.29) is 23.4 Å². The second-order valence-electron chi connectivity index (χ2n) is 11.6. The molecule has 2 aromatic carbocycles. The largest absolute Gasteiger partial charge is 0.482 e. The van der Waals surface area contributed by atoms with E-state index < -0.39 is 23.6 Å². The lowest BCUT2D eigenvalue weighted by Crippen LogP contribution is -2.38.